The summed E-state index contributed by atoms with van der Waals surface area (Å²) in [5, 5.41) is 6.96. The third-order valence-corrected chi connectivity index (χ3v) is 6.39. The highest BCUT2D eigenvalue weighted by Gasteiger charge is 2.48. The van der Waals surface area contributed by atoms with Crippen molar-refractivity contribution in [1.29, 1.82) is 0 Å². The standard InChI is InChI=1S/C20H27F3N4O4/c1-2-30-19(29)13-11-24-27-16(20(21,22)23)10-14(25-17(13)27)12-5-7-26(8-6-12)18(28)15-4-3-9-31-15/h11-12,14-16,25H,2-10H2,1H3/t14-,15?,16+/m0/s1. The molecule has 8 nitrogen and oxygen atoms in total. The molecule has 172 valence electrons. The molecule has 0 aromatic carbocycles. The zero-order valence-corrected chi connectivity index (χ0v) is 17.4. The monoisotopic (exact) mass is 444 g/mol. The van der Waals surface area contributed by atoms with Crippen LogP contribution in [0.4, 0.5) is 19.0 Å². The number of nitrogens with one attached hydrogen (secondary N) is 1. The number of aromatic nitrogens is 2. The number of anilines is 1. The number of hydrogen-bond acceptors (Lipinski definition) is 6. The SMILES string of the molecule is CCOC(=O)c1cnn2c1N[C@H](C1CCN(C(=O)C3CCCO3)CC1)C[C@@H]2C(F)(F)F. The van der Waals surface area contributed by atoms with E-state index >= 15 is 0 Å². The smallest absolute Gasteiger partial charge is 0.410 e. The Labute approximate surface area is 178 Å². The fraction of sp³-hybridized carbons (Fsp3) is 0.750. The van der Waals surface area contributed by atoms with Crippen molar-refractivity contribution in [3.63, 3.8) is 0 Å². The molecule has 4 rings (SSSR count). The molecule has 0 aliphatic carbocycles. The first kappa shape index (κ1) is 21.9. The maximum atomic E-state index is 13.8. The molecule has 31 heavy (non-hydrogen) atoms. The van der Waals surface area contributed by atoms with Gasteiger partial charge in [-0.05, 0) is 44.9 Å². The molecule has 1 aromatic heterocycles. The summed E-state index contributed by atoms with van der Waals surface area (Å²) in [6.45, 7) is 3.32. The molecule has 3 aliphatic heterocycles. The number of carbonyl (C=O) groups excluding carboxylic acids is 2. The molecule has 0 radical (unpaired) electrons. The fourth-order valence-electron chi connectivity index (χ4n) is 4.76. The average Bonchev–Trinajstić information content (AvgIpc) is 3.42. The molecule has 3 aliphatic rings. The summed E-state index contributed by atoms with van der Waals surface area (Å²) in [4.78, 5) is 26.5. The molecule has 0 spiro atoms. The molecular formula is C20H27F3N4O4. The number of halogens is 3. The Morgan fingerprint density at radius 3 is 2.65 bits per heavy atom. The number of piperidine rings is 1. The molecule has 3 atom stereocenters. The predicted octanol–water partition coefficient (Wildman–Crippen LogP) is 2.77. The summed E-state index contributed by atoms with van der Waals surface area (Å²) in [6, 6.07) is -2.30. The summed E-state index contributed by atoms with van der Waals surface area (Å²) < 4.78 is 52.6. The number of esters is 1. The van der Waals surface area contributed by atoms with Gasteiger partial charge in [0.25, 0.3) is 5.91 Å². The van der Waals surface area contributed by atoms with Crippen LogP contribution in [0.25, 0.3) is 0 Å². The molecule has 4 heterocycles. The van der Waals surface area contributed by atoms with E-state index in [0.29, 0.717) is 32.5 Å². The molecular weight excluding hydrogens is 417 g/mol. The van der Waals surface area contributed by atoms with Crippen LogP contribution in [0.15, 0.2) is 6.20 Å². The van der Waals surface area contributed by atoms with E-state index in [1.807, 2.05) is 0 Å². The van der Waals surface area contributed by atoms with Crippen molar-refractivity contribution in [2.45, 2.75) is 63.4 Å². The predicted molar refractivity (Wildman–Crippen MR) is 104 cm³/mol. The maximum absolute atomic E-state index is 13.8. The summed E-state index contributed by atoms with van der Waals surface area (Å²) in [5.74, 6) is -0.731. The van der Waals surface area contributed by atoms with Crippen molar-refractivity contribution < 1.29 is 32.2 Å². The van der Waals surface area contributed by atoms with E-state index in [1.54, 1.807) is 11.8 Å². The largest absolute Gasteiger partial charge is 0.462 e. The van der Waals surface area contributed by atoms with Gasteiger partial charge in [-0.25, -0.2) is 9.48 Å². The molecule has 2 saturated heterocycles. The van der Waals surface area contributed by atoms with E-state index in [-0.39, 0.29) is 42.3 Å². The van der Waals surface area contributed by atoms with Crippen LogP contribution in [-0.2, 0) is 14.3 Å². The number of hydrogen-bond donors (Lipinski definition) is 1. The van der Waals surface area contributed by atoms with Gasteiger partial charge in [0.05, 0.1) is 12.8 Å². The number of amides is 1. The number of ether oxygens (including phenoxy) is 2. The first-order chi connectivity index (χ1) is 14.8. The lowest BCUT2D eigenvalue weighted by atomic mass is 9.84. The molecule has 2 fully saturated rings. The third kappa shape index (κ3) is 4.37. The second-order valence-electron chi connectivity index (χ2n) is 8.28. The topological polar surface area (TPSA) is 85.7 Å². The highest BCUT2D eigenvalue weighted by molar-refractivity contribution is 5.94. The van der Waals surface area contributed by atoms with Gasteiger partial charge in [-0.1, -0.05) is 0 Å². The number of fused-ring (bicyclic) bond motifs is 1. The molecule has 0 saturated carbocycles. The minimum absolute atomic E-state index is 0.00629. The molecule has 1 N–H and O–H groups in total. The quantitative estimate of drug-likeness (QED) is 0.719. The molecule has 0 bridgehead atoms. The number of nitrogens with zero attached hydrogens (tertiary/aromatic N) is 3. The van der Waals surface area contributed by atoms with Crippen molar-refractivity contribution in [3.8, 4) is 0 Å². The van der Waals surface area contributed by atoms with Gasteiger partial charge in [0.2, 0.25) is 0 Å². The van der Waals surface area contributed by atoms with Crippen LogP contribution in [0.3, 0.4) is 0 Å². The average molecular weight is 444 g/mol. The van der Waals surface area contributed by atoms with Crippen LogP contribution < -0.4 is 5.32 Å². The van der Waals surface area contributed by atoms with Crippen LogP contribution in [0, 0.1) is 5.92 Å². The number of likely N-dealkylation sites (tertiary alicyclic amines) is 1. The van der Waals surface area contributed by atoms with Crippen LogP contribution in [0.2, 0.25) is 0 Å². The van der Waals surface area contributed by atoms with E-state index in [0.717, 1.165) is 23.7 Å². The van der Waals surface area contributed by atoms with E-state index in [4.69, 9.17) is 9.47 Å². The van der Waals surface area contributed by atoms with E-state index in [9.17, 15) is 22.8 Å². The molecule has 1 aromatic rings. The van der Waals surface area contributed by atoms with Crippen molar-refractivity contribution in [2.75, 3.05) is 31.6 Å². The Balaban J connectivity index is 1.48. The highest BCUT2D eigenvalue weighted by atomic mass is 19.4. The van der Waals surface area contributed by atoms with Gasteiger partial charge in [0, 0.05) is 25.7 Å². The molecule has 11 heteroatoms. The van der Waals surface area contributed by atoms with E-state index in [2.05, 4.69) is 10.4 Å². The van der Waals surface area contributed by atoms with Crippen LogP contribution in [-0.4, -0.2) is 71.2 Å². The summed E-state index contributed by atoms with van der Waals surface area (Å²) in [7, 11) is 0. The zero-order valence-electron chi connectivity index (χ0n) is 17.4. The normalized spacial score (nSPS) is 27.0. The minimum Gasteiger partial charge on any atom is -0.462 e. The fourth-order valence-corrected chi connectivity index (χ4v) is 4.76. The number of rotatable bonds is 4. The number of alkyl halides is 3. The van der Waals surface area contributed by atoms with Gasteiger partial charge in [0.1, 0.15) is 17.5 Å². The highest BCUT2D eigenvalue weighted by Crippen LogP contribution is 2.43. The van der Waals surface area contributed by atoms with E-state index in [1.165, 1.54) is 0 Å². The van der Waals surface area contributed by atoms with Gasteiger partial charge in [0.15, 0.2) is 6.04 Å². The minimum atomic E-state index is -4.50. The summed E-state index contributed by atoms with van der Waals surface area (Å²) >= 11 is 0. The first-order valence-corrected chi connectivity index (χ1v) is 10.8. The lowest BCUT2D eigenvalue weighted by Crippen LogP contribution is -2.49. The number of carbonyl (C=O) groups is 2. The van der Waals surface area contributed by atoms with Gasteiger partial charge in [-0.3, -0.25) is 4.79 Å². The zero-order chi connectivity index (χ0) is 22.2. The summed E-state index contributed by atoms with van der Waals surface area (Å²) in [5.41, 5.74) is 0.00629. The molecule has 1 unspecified atom stereocenters. The second-order valence-corrected chi connectivity index (χ2v) is 8.28. The van der Waals surface area contributed by atoms with Crippen molar-refractivity contribution >= 4 is 17.7 Å². The molecule has 1 amide bonds. The van der Waals surface area contributed by atoms with Crippen molar-refractivity contribution in [1.82, 2.24) is 14.7 Å². The second kappa shape index (κ2) is 8.68. The third-order valence-electron chi connectivity index (χ3n) is 6.39. The Morgan fingerprint density at radius 2 is 2.03 bits per heavy atom. The Hall–Kier alpha value is -2.30. The van der Waals surface area contributed by atoms with E-state index < -0.39 is 24.2 Å². The van der Waals surface area contributed by atoms with Gasteiger partial charge >= 0.3 is 12.1 Å². The van der Waals surface area contributed by atoms with Crippen molar-refractivity contribution in [2.24, 2.45) is 5.92 Å². The van der Waals surface area contributed by atoms with Crippen LogP contribution in [0.5, 0.6) is 0 Å². The Morgan fingerprint density at radius 1 is 1.29 bits per heavy atom. The van der Waals surface area contributed by atoms with Gasteiger partial charge < -0.3 is 19.7 Å². The van der Waals surface area contributed by atoms with Crippen LogP contribution in [0.1, 0.15) is 55.4 Å². The lowest BCUT2D eigenvalue weighted by Gasteiger charge is -2.41. The Kier molecular flexibility index (Phi) is 6.14. The van der Waals surface area contributed by atoms with Gasteiger partial charge in [-0.2, -0.15) is 18.3 Å². The first-order valence-electron chi connectivity index (χ1n) is 10.8. The van der Waals surface area contributed by atoms with Gasteiger partial charge in [-0.15, -0.1) is 0 Å². The van der Waals surface area contributed by atoms with Crippen LogP contribution >= 0.6 is 0 Å². The maximum Gasteiger partial charge on any atom is 0.410 e. The lowest BCUT2D eigenvalue weighted by molar-refractivity contribution is -0.174. The summed E-state index contributed by atoms with van der Waals surface area (Å²) in [6.07, 6.45) is -1.17. The Bertz CT molecular complexity index is 814. The van der Waals surface area contributed by atoms with Crippen molar-refractivity contribution in [3.05, 3.63) is 11.8 Å².